The molecule has 25 heavy (non-hydrogen) atoms. The first-order valence-corrected chi connectivity index (χ1v) is 9.38. The van der Waals surface area contributed by atoms with E-state index in [0.717, 1.165) is 62.2 Å². The number of benzene rings is 1. The van der Waals surface area contributed by atoms with Crippen LogP contribution in [0.5, 0.6) is 5.75 Å². The summed E-state index contributed by atoms with van der Waals surface area (Å²) in [4.78, 5) is 5.10. The van der Waals surface area contributed by atoms with Crippen LogP contribution in [-0.2, 0) is 6.54 Å². The van der Waals surface area contributed by atoms with Gasteiger partial charge in [-0.25, -0.2) is 0 Å². The molecule has 2 aliphatic rings. The highest BCUT2D eigenvalue weighted by Crippen LogP contribution is 2.25. The summed E-state index contributed by atoms with van der Waals surface area (Å²) >= 11 is 0. The van der Waals surface area contributed by atoms with Crippen LogP contribution in [0.25, 0.3) is 10.9 Å². The van der Waals surface area contributed by atoms with Gasteiger partial charge in [0, 0.05) is 44.2 Å². The first-order valence-electron chi connectivity index (χ1n) is 9.38. The first-order chi connectivity index (χ1) is 12.2. The fourth-order valence-electron chi connectivity index (χ4n) is 4.21. The molecule has 136 valence electrons. The largest absolute Gasteiger partial charge is 0.497 e. The van der Waals surface area contributed by atoms with Crippen LogP contribution in [0.1, 0.15) is 31.4 Å². The fraction of sp³-hybridized carbons (Fsp3) is 0.632. The third kappa shape index (κ3) is 3.66. The lowest BCUT2D eigenvalue weighted by Gasteiger charge is -2.41. The Hall–Kier alpha value is -1.63. The van der Waals surface area contributed by atoms with Gasteiger partial charge in [0.2, 0.25) is 0 Å². The van der Waals surface area contributed by atoms with Gasteiger partial charge in [-0.2, -0.15) is 5.10 Å². The summed E-state index contributed by atoms with van der Waals surface area (Å²) in [6.07, 6.45) is 4.21. The van der Waals surface area contributed by atoms with Crippen molar-refractivity contribution in [3.63, 3.8) is 0 Å². The molecule has 0 spiro atoms. The van der Waals surface area contributed by atoms with Crippen LogP contribution in [0.15, 0.2) is 18.2 Å². The number of hydrogen-bond donors (Lipinski definition) is 2. The molecule has 0 bridgehead atoms. The number of hydrogen-bond acceptors (Lipinski definition) is 5. The Morgan fingerprint density at radius 2 is 1.92 bits per heavy atom. The average molecular weight is 344 g/mol. The molecule has 0 saturated carbocycles. The van der Waals surface area contributed by atoms with Crippen molar-refractivity contribution in [2.45, 2.75) is 44.4 Å². The van der Waals surface area contributed by atoms with Crippen molar-refractivity contribution in [3.05, 3.63) is 23.9 Å². The van der Waals surface area contributed by atoms with Gasteiger partial charge in [0.15, 0.2) is 0 Å². The van der Waals surface area contributed by atoms with Crippen LogP contribution in [0.2, 0.25) is 0 Å². The zero-order valence-electron chi connectivity index (χ0n) is 14.9. The number of fused-ring (bicyclic) bond motifs is 1. The quantitative estimate of drug-likeness (QED) is 0.888. The van der Waals surface area contributed by atoms with Crippen LogP contribution in [0.3, 0.4) is 0 Å². The molecule has 4 rings (SSSR count). The molecule has 1 aromatic carbocycles. The number of rotatable bonds is 4. The number of nitrogens with one attached hydrogen (secondary N) is 1. The Morgan fingerprint density at radius 3 is 2.64 bits per heavy atom. The second kappa shape index (κ2) is 7.32. The summed E-state index contributed by atoms with van der Waals surface area (Å²) < 4.78 is 5.35. The highest BCUT2D eigenvalue weighted by Gasteiger charge is 2.27. The summed E-state index contributed by atoms with van der Waals surface area (Å²) in [5, 5.41) is 18.5. The highest BCUT2D eigenvalue weighted by atomic mass is 16.5. The lowest BCUT2D eigenvalue weighted by molar-refractivity contribution is 0.0374. The van der Waals surface area contributed by atoms with Gasteiger partial charge in [-0.05, 0) is 43.9 Å². The maximum Gasteiger partial charge on any atom is 0.119 e. The molecular formula is C19H28N4O2. The van der Waals surface area contributed by atoms with Gasteiger partial charge in [-0.1, -0.05) is 0 Å². The molecular weight excluding hydrogens is 316 g/mol. The minimum absolute atomic E-state index is 0.0815. The summed E-state index contributed by atoms with van der Waals surface area (Å²) in [6, 6.07) is 6.71. The van der Waals surface area contributed by atoms with Gasteiger partial charge < -0.3 is 14.7 Å². The van der Waals surface area contributed by atoms with E-state index in [1.165, 1.54) is 18.5 Å². The molecule has 0 aliphatic carbocycles. The summed E-state index contributed by atoms with van der Waals surface area (Å²) in [5.74, 6) is 0.876. The number of methoxy groups -OCH3 is 1. The van der Waals surface area contributed by atoms with Gasteiger partial charge in [0.1, 0.15) is 5.75 Å². The van der Waals surface area contributed by atoms with Gasteiger partial charge in [-0.15, -0.1) is 0 Å². The maximum atomic E-state index is 9.68. The molecule has 2 N–H and O–H groups in total. The summed E-state index contributed by atoms with van der Waals surface area (Å²) in [7, 11) is 1.70. The number of H-pyrrole nitrogens is 1. The van der Waals surface area contributed by atoms with Gasteiger partial charge in [0.05, 0.1) is 24.4 Å². The minimum Gasteiger partial charge on any atom is -0.497 e. The van der Waals surface area contributed by atoms with E-state index in [-0.39, 0.29) is 6.10 Å². The number of aliphatic hydroxyl groups excluding tert-OH is 1. The lowest BCUT2D eigenvalue weighted by Crippen LogP contribution is -2.48. The van der Waals surface area contributed by atoms with Crippen molar-refractivity contribution in [1.82, 2.24) is 20.0 Å². The molecule has 0 atom stereocenters. The van der Waals surface area contributed by atoms with Crippen molar-refractivity contribution >= 4 is 10.9 Å². The minimum atomic E-state index is -0.0815. The average Bonchev–Trinajstić information content (AvgIpc) is 3.05. The van der Waals surface area contributed by atoms with E-state index in [2.05, 4.69) is 26.1 Å². The second-order valence-electron chi connectivity index (χ2n) is 7.36. The van der Waals surface area contributed by atoms with Crippen LogP contribution >= 0.6 is 0 Å². The van der Waals surface area contributed by atoms with E-state index >= 15 is 0 Å². The van der Waals surface area contributed by atoms with Gasteiger partial charge >= 0.3 is 0 Å². The molecule has 2 aromatic rings. The first kappa shape index (κ1) is 16.8. The predicted octanol–water partition coefficient (Wildman–Crippen LogP) is 1.99. The molecule has 6 nitrogen and oxygen atoms in total. The molecule has 2 saturated heterocycles. The van der Waals surface area contributed by atoms with Crippen molar-refractivity contribution < 1.29 is 9.84 Å². The van der Waals surface area contributed by atoms with E-state index in [1.807, 2.05) is 12.1 Å². The normalized spacial score (nSPS) is 21.8. The van der Waals surface area contributed by atoms with E-state index in [4.69, 9.17) is 4.74 Å². The highest BCUT2D eigenvalue weighted by molar-refractivity contribution is 5.82. The summed E-state index contributed by atoms with van der Waals surface area (Å²) in [6.45, 7) is 5.26. The lowest BCUT2D eigenvalue weighted by atomic mass is 9.99. The van der Waals surface area contributed by atoms with Crippen molar-refractivity contribution in [3.8, 4) is 5.75 Å². The number of piperidine rings is 2. The monoisotopic (exact) mass is 344 g/mol. The topological polar surface area (TPSA) is 64.6 Å². The second-order valence-corrected chi connectivity index (χ2v) is 7.36. The van der Waals surface area contributed by atoms with Crippen LogP contribution in [0, 0.1) is 0 Å². The predicted molar refractivity (Wildman–Crippen MR) is 97.8 cm³/mol. The van der Waals surface area contributed by atoms with Crippen molar-refractivity contribution in [2.24, 2.45) is 0 Å². The number of aliphatic hydroxyl groups is 1. The van der Waals surface area contributed by atoms with Gasteiger partial charge in [-0.3, -0.25) is 10.00 Å². The summed E-state index contributed by atoms with van der Waals surface area (Å²) in [5.41, 5.74) is 2.17. The Balaban J connectivity index is 1.36. The van der Waals surface area contributed by atoms with E-state index in [9.17, 15) is 5.11 Å². The van der Waals surface area contributed by atoms with Crippen molar-refractivity contribution in [2.75, 3.05) is 33.3 Å². The SMILES string of the molecule is COc1ccc2n[nH]c(CN3CCC(N4CCC(O)CC4)CC3)c2c1. The Bertz CT molecular complexity index is 701. The Labute approximate surface area is 148 Å². The molecule has 0 amide bonds. The van der Waals surface area contributed by atoms with Crippen molar-refractivity contribution in [1.29, 1.82) is 0 Å². The number of aromatic nitrogens is 2. The molecule has 3 heterocycles. The molecule has 0 radical (unpaired) electrons. The number of likely N-dealkylation sites (tertiary alicyclic amines) is 2. The van der Waals surface area contributed by atoms with E-state index in [1.54, 1.807) is 7.11 Å². The Kier molecular flexibility index (Phi) is 4.92. The molecule has 0 unspecified atom stereocenters. The number of nitrogens with zero attached hydrogens (tertiary/aromatic N) is 3. The zero-order valence-corrected chi connectivity index (χ0v) is 14.9. The Morgan fingerprint density at radius 1 is 1.16 bits per heavy atom. The van der Waals surface area contributed by atoms with Gasteiger partial charge in [0.25, 0.3) is 0 Å². The number of ether oxygens (including phenoxy) is 1. The van der Waals surface area contributed by atoms with Crippen LogP contribution < -0.4 is 4.74 Å². The standard InChI is InChI=1S/C19H28N4O2/c1-25-16-2-3-18-17(12-16)19(21-20-18)13-22-8-4-14(5-9-22)23-10-6-15(24)7-11-23/h2-3,12,14-15,24H,4-11,13H2,1H3,(H,20,21). The van der Waals surface area contributed by atoms with E-state index < -0.39 is 0 Å². The third-order valence-electron chi connectivity index (χ3n) is 5.79. The zero-order chi connectivity index (χ0) is 17.2. The molecule has 2 fully saturated rings. The number of aromatic amines is 1. The van der Waals surface area contributed by atoms with E-state index in [0.29, 0.717) is 6.04 Å². The molecule has 1 aromatic heterocycles. The van der Waals surface area contributed by atoms with Crippen LogP contribution in [0.4, 0.5) is 0 Å². The maximum absolute atomic E-state index is 9.68. The third-order valence-corrected chi connectivity index (χ3v) is 5.79. The molecule has 6 heteroatoms. The smallest absolute Gasteiger partial charge is 0.119 e. The molecule has 2 aliphatic heterocycles. The van der Waals surface area contributed by atoms with Crippen LogP contribution in [-0.4, -0.2) is 70.5 Å². The fourth-order valence-corrected chi connectivity index (χ4v) is 4.21.